The minimum atomic E-state index is -0.00695. The van der Waals surface area contributed by atoms with Gasteiger partial charge < -0.3 is 10.3 Å². The fourth-order valence-electron chi connectivity index (χ4n) is 3.16. The Bertz CT molecular complexity index is 707. The number of H-pyrrole nitrogens is 1. The molecule has 0 aromatic carbocycles. The summed E-state index contributed by atoms with van der Waals surface area (Å²) < 4.78 is 0. The molecule has 0 amide bonds. The summed E-state index contributed by atoms with van der Waals surface area (Å²) in [4.78, 5) is 21.8. The van der Waals surface area contributed by atoms with Crippen LogP contribution >= 0.6 is 11.3 Å². The van der Waals surface area contributed by atoms with E-state index < -0.39 is 0 Å². The first-order valence-corrected chi connectivity index (χ1v) is 8.56. The molecular weight excluding hydrogens is 282 g/mol. The number of aromatic amines is 1. The quantitative estimate of drug-likeness (QED) is 0.891. The molecule has 1 saturated carbocycles. The van der Waals surface area contributed by atoms with Gasteiger partial charge in [0, 0.05) is 11.4 Å². The van der Waals surface area contributed by atoms with Crippen LogP contribution in [0.1, 0.15) is 48.9 Å². The summed E-state index contributed by atoms with van der Waals surface area (Å²) in [5, 5.41) is 4.24. The third-order valence-corrected chi connectivity index (χ3v) is 6.15. The average Bonchev–Trinajstić information content (AvgIpc) is 2.68. The minimum absolute atomic E-state index is 0.00695. The lowest BCUT2D eigenvalue weighted by atomic mass is 9.67. The normalized spacial score (nSPS) is 17.1. The average molecular weight is 305 g/mol. The molecule has 1 aliphatic carbocycles. The number of hydrogen-bond acceptors (Lipinski definition) is 4. The third kappa shape index (κ3) is 2.64. The zero-order chi connectivity index (χ0) is 15.0. The first kappa shape index (κ1) is 14.7. The van der Waals surface area contributed by atoms with Crippen molar-refractivity contribution in [2.45, 2.75) is 53.0 Å². The van der Waals surface area contributed by atoms with Gasteiger partial charge in [0.15, 0.2) is 0 Å². The van der Waals surface area contributed by atoms with E-state index in [0.717, 1.165) is 28.1 Å². The fourth-order valence-corrected chi connectivity index (χ4v) is 4.21. The van der Waals surface area contributed by atoms with Crippen molar-refractivity contribution in [3.8, 4) is 0 Å². The molecule has 0 radical (unpaired) electrons. The van der Waals surface area contributed by atoms with Gasteiger partial charge in [0.2, 0.25) is 0 Å². The molecule has 0 atom stereocenters. The Morgan fingerprint density at radius 2 is 2.14 bits per heavy atom. The summed E-state index contributed by atoms with van der Waals surface area (Å²) in [5.74, 6) is 0.749. The van der Waals surface area contributed by atoms with E-state index in [-0.39, 0.29) is 5.56 Å². The van der Waals surface area contributed by atoms with Crippen molar-refractivity contribution in [3.63, 3.8) is 0 Å². The highest BCUT2D eigenvalue weighted by Crippen LogP contribution is 2.43. The van der Waals surface area contributed by atoms with Crippen LogP contribution in [0.3, 0.4) is 0 Å². The van der Waals surface area contributed by atoms with Crippen molar-refractivity contribution < 1.29 is 0 Å². The van der Waals surface area contributed by atoms with E-state index in [0.29, 0.717) is 12.0 Å². The van der Waals surface area contributed by atoms with Crippen LogP contribution in [0, 0.1) is 19.3 Å². The van der Waals surface area contributed by atoms with Crippen molar-refractivity contribution in [2.24, 2.45) is 5.41 Å². The van der Waals surface area contributed by atoms with Gasteiger partial charge in [0.1, 0.15) is 10.7 Å². The van der Waals surface area contributed by atoms with Crippen LogP contribution < -0.4 is 10.9 Å². The molecule has 2 heterocycles. The van der Waals surface area contributed by atoms with Crippen molar-refractivity contribution >= 4 is 21.6 Å². The summed E-state index contributed by atoms with van der Waals surface area (Å²) in [5.41, 5.74) is 1.54. The molecule has 5 heteroatoms. The molecule has 2 aromatic heterocycles. The Balaban J connectivity index is 1.74. The van der Waals surface area contributed by atoms with Crippen LogP contribution in [0.2, 0.25) is 0 Å². The second kappa shape index (κ2) is 5.54. The standard InChI is InChI=1S/C16H23N3OS/c1-4-16(6-5-7-16)9-17-8-12-18-14(20)13-10(2)11(3)21-15(13)19-12/h17H,4-9H2,1-3H3,(H,18,19,20). The van der Waals surface area contributed by atoms with Crippen molar-refractivity contribution in [1.29, 1.82) is 0 Å². The van der Waals surface area contributed by atoms with E-state index in [4.69, 9.17) is 0 Å². The maximum absolute atomic E-state index is 12.2. The number of aryl methyl sites for hydroxylation is 2. The van der Waals surface area contributed by atoms with Crippen LogP contribution in [0.25, 0.3) is 10.2 Å². The number of thiophene rings is 1. The number of aromatic nitrogens is 2. The zero-order valence-electron chi connectivity index (χ0n) is 13.0. The minimum Gasteiger partial charge on any atom is -0.309 e. The molecule has 0 spiro atoms. The van der Waals surface area contributed by atoms with Crippen molar-refractivity contribution in [3.05, 3.63) is 26.6 Å². The van der Waals surface area contributed by atoms with Crippen molar-refractivity contribution in [1.82, 2.24) is 15.3 Å². The number of nitrogens with zero attached hydrogens (tertiary/aromatic N) is 1. The molecule has 1 aliphatic rings. The Hall–Kier alpha value is -1.20. The lowest BCUT2D eigenvalue weighted by molar-refractivity contribution is 0.123. The van der Waals surface area contributed by atoms with Gasteiger partial charge in [-0.1, -0.05) is 13.3 Å². The predicted octanol–water partition coefficient (Wildman–Crippen LogP) is 3.27. The molecule has 0 aliphatic heterocycles. The lowest BCUT2D eigenvalue weighted by Crippen LogP contribution is -2.39. The zero-order valence-corrected chi connectivity index (χ0v) is 13.8. The topological polar surface area (TPSA) is 57.8 Å². The van der Waals surface area contributed by atoms with E-state index in [1.165, 1.54) is 30.6 Å². The number of hydrogen-bond donors (Lipinski definition) is 2. The Morgan fingerprint density at radius 3 is 2.76 bits per heavy atom. The molecule has 0 saturated heterocycles. The van der Waals surface area contributed by atoms with Gasteiger partial charge >= 0.3 is 0 Å². The SMILES string of the molecule is CCC1(CNCc2nc3sc(C)c(C)c3c(=O)[nH]2)CCC1. The molecule has 2 aromatic rings. The Kier molecular flexibility index (Phi) is 3.88. The van der Waals surface area contributed by atoms with Crippen LogP contribution in [-0.2, 0) is 6.54 Å². The Labute approximate surface area is 129 Å². The van der Waals surface area contributed by atoms with Gasteiger partial charge in [0.05, 0.1) is 11.9 Å². The molecule has 2 N–H and O–H groups in total. The first-order valence-electron chi connectivity index (χ1n) is 7.74. The Morgan fingerprint density at radius 1 is 1.38 bits per heavy atom. The van der Waals surface area contributed by atoms with Gasteiger partial charge in [-0.15, -0.1) is 11.3 Å². The number of fused-ring (bicyclic) bond motifs is 1. The summed E-state index contributed by atoms with van der Waals surface area (Å²) in [6, 6.07) is 0. The van der Waals surface area contributed by atoms with Gasteiger partial charge in [-0.25, -0.2) is 4.98 Å². The molecule has 0 unspecified atom stereocenters. The monoisotopic (exact) mass is 305 g/mol. The van der Waals surface area contributed by atoms with Gasteiger partial charge in [-0.2, -0.15) is 0 Å². The summed E-state index contributed by atoms with van der Waals surface area (Å²) in [6.07, 6.45) is 5.22. The number of nitrogens with one attached hydrogen (secondary N) is 2. The molecule has 1 fully saturated rings. The largest absolute Gasteiger partial charge is 0.309 e. The first-order chi connectivity index (χ1) is 10.0. The van der Waals surface area contributed by atoms with Crippen LogP contribution in [-0.4, -0.2) is 16.5 Å². The summed E-state index contributed by atoms with van der Waals surface area (Å²) in [6.45, 7) is 7.96. The fraction of sp³-hybridized carbons (Fsp3) is 0.625. The van der Waals surface area contributed by atoms with Gasteiger partial charge in [0.25, 0.3) is 5.56 Å². The van der Waals surface area contributed by atoms with E-state index >= 15 is 0 Å². The lowest BCUT2D eigenvalue weighted by Gasteiger charge is -2.41. The summed E-state index contributed by atoms with van der Waals surface area (Å²) >= 11 is 1.61. The van der Waals surface area contributed by atoms with E-state index in [1.807, 2.05) is 13.8 Å². The van der Waals surface area contributed by atoms with E-state index in [9.17, 15) is 4.79 Å². The maximum Gasteiger partial charge on any atom is 0.259 e. The van der Waals surface area contributed by atoms with Crippen molar-refractivity contribution in [2.75, 3.05) is 6.54 Å². The molecule has 0 bridgehead atoms. The van der Waals surface area contributed by atoms with Crippen LogP contribution in [0.4, 0.5) is 0 Å². The third-order valence-electron chi connectivity index (χ3n) is 5.04. The van der Waals surface area contributed by atoms with E-state index in [1.54, 1.807) is 11.3 Å². The van der Waals surface area contributed by atoms with E-state index in [2.05, 4.69) is 22.2 Å². The van der Waals surface area contributed by atoms with Crippen LogP contribution in [0.5, 0.6) is 0 Å². The highest BCUT2D eigenvalue weighted by Gasteiger charge is 2.34. The highest BCUT2D eigenvalue weighted by molar-refractivity contribution is 7.18. The molecule has 4 nitrogen and oxygen atoms in total. The van der Waals surface area contributed by atoms with Crippen LogP contribution in [0.15, 0.2) is 4.79 Å². The van der Waals surface area contributed by atoms with Gasteiger partial charge in [-0.05, 0) is 44.1 Å². The summed E-state index contributed by atoms with van der Waals surface area (Å²) in [7, 11) is 0. The molecule has 114 valence electrons. The smallest absolute Gasteiger partial charge is 0.259 e. The molecular formula is C16H23N3OS. The maximum atomic E-state index is 12.2. The highest BCUT2D eigenvalue weighted by atomic mass is 32.1. The second-order valence-electron chi connectivity index (χ2n) is 6.29. The predicted molar refractivity (Wildman–Crippen MR) is 88.0 cm³/mol. The number of rotatable bonds is 5. The molecule has 21 heavy (non-hydrogen) atoms. The molecule has 3 rings (SSSR count). The second-order valence-corrected chi connectivity index (χ2v) is 7.49. The van der Waals surface area contributed by atoms with Gasteiger partial charge in [-0.3, -0.25) is 4.79 Å².